The summed E-state index contributed by atoms with van der Waals surface area (Å²) in [6, 6.07) is 10.7. The average molecular weight is 262 g/mol. The topological polar surface area (TPSA) is 39.2 Å². The van der Waals surface area contributed by atoms with Gasteiger partial charge in [0.2, 0.25) is 0 Å². The molecule has 0 aliphatic rings. The van der Waals surface area contributed by atoms with E-state index in [9.17, 15) is 4.79 Å². The first-order valence-corrected chi connectivity index (χ1v) is 5.85. The van der Waals surface area contributed by atoms with Crippen molar-refractivity contribution in [3.8, 4) is 5.75 Å². The number of pyridine rings is 1. The largest absolute Gasteiger partial charge is 0.497 e. The Kier molecular flexibility index (Phi) is 3.95. The molecule has 0 radical (unpaired) electrons. The highest BCUT2D eigenvalue weighted by Crippen LogP contribution is 2.17. The van der Waals surface area contributed by atoms with Gasteiger partial charge in [0, 0.05) is 12.6 Å². The minimum atomic E-state index is -0.103. The van der Waals surface area contributed by atoms with Crippen LogP contribution >= 0.6 is 11.6 Å². The Morgan fingerprint density at radius 1 is 1.33 bits per heavy atom. The maximum absolute atomic E-state index is 12.0. The molecule has 2 rings (SSSR count). The van der Waals surface area contributed by atoms with Crippen molar-refractivity contribution in [2.24, 2.45) is 0 Å². The maximum atomic E-state index is 12.0. The maximum Gasteiger partial charge on any atom is 0.187 e. The first kappa shape index (κ1) is 12.6. The van der Waals surface area contributed by atoms with Crippen LogP contribution in [0.5, 0.6) is 5.75 Å². The van der Waals surface area contributed by atoms with E-state index in [0.717, 1.165) is 11.3 Å². The van der Waals surface area contributed by atoms with Crippen LogP contribution in [0.2, 0.25) is 5.02 Å². The van der Waals surface area contributed by atoms with Gasteiger partial charge in [-0.25, -0.2) is 0 Å². The molecule has 1 aromatic carbocycles. The lowest BCUT2D eigenvalue weighted by atomic mass is 10.1. The van der Waals surface area contributed by atoms with E-state index >= 15 is 0 Å². The van der Waals surface area contributed by atoms with Crippen molar-refractivity contribution in [2.75, 3.05) is 7.11 Å². The van der Waals surface area contributed by atoms with E-state index in [1.165, 1.54) is 0 Å². The number of benzene rings is 1. The van der Waals surface area contributed by atoms with Crippen LogP contribution in [0.25, 0.3) is 0 Å². The summed E-state index contributed by atoms with van der Waals surface area (Å²) >= 11 is 5.94. The second-order valence-electron chi connectivity index (χ2n) is 3.79. The van der Waals surface area contributed by atoms with Gasteiger partial charge in [0.25, 0.3) is 0 Å². The third kappa shape index (κ3) is 2.87. The summed E-state index contributed by atoms with van der Waals surface area (Å²) < 4.78 is 5.11. The quantitative estimate of drug-likeness (QED) is 0.794. The Balaban J connectivity index is 2.19. The fraction of sp³-hybridized carbons (Fsp3) is 0.143. The Hall–Kier alpha value is -1.87. The fourth-order valence-electron chi connectivity index (χ4n) is 1.64. The molecule has 0 atom stereocenters. The predicted molar refractivity (Wildman–Crippen MR) is 70.3 cm³/mol. The number of aromatic nitrogens is 1. The van der Waals surface area contributed by atoms with Crippen LogP contribution in [-0.4, -0.2) is 17.9 Å². The molecule has 3 nitrogen and oxygen atoms in total. The Morgan fingerprint density at radius 3 is 2.89 bits per heavy atom. The molecule has 0 fully saturated rings. The van der Waals surface area contributed by atoms with E-state index in [-0.39, 0.29) is 12.2 Å². The molecular formula is C14H12ClNO2. The van der Waals surface area contributed by atoms with Crippen LogP contribution in [0.15, 0.2) is 42.6 Å². The van der Waals surface area contributed by atoms with Gasteiger partial charge in [-0.3, -0.25) is 9.78 Å². The number of carbonyl (C=O) groups is 1. The number of rotatable bonds is 4. The van der Waals surface area contributed by atoms with Crippen LogP contribution in [0.4, 0.5) is 0 Å². The van der Waals surface area contributed by atoms with Gasteiger partial charge in [-0.15, -0.1) is 0 Å². The lowest BCUT2D eigenvalue weighted by Crippen LogP contribution is -2.06. The van der Waals surface area contributed by atoms with Crippen molar-refractivity contribution in [1.82, 2.24) is 4.98 Å². The summed E-state index contributed by atoms with van der Waals surface area (Å²) in [7, 11) is 1.59. The zero-order valence-corrected chi connectivity index (χ0v) is 10.6. The highest BCUT2D eigenvalue weighted by molar-refractivity contribution is 6.33. The van der Waals surface area contributed by atoms with E-state index < -0.39 is 0 Å². The number of ketones is 1. The summed E-state index contributed by atoms with van der Waals surface area (Å²) in [4.78, 5) is 16.1. The molecule has 0 saturated heterocycles. The molecule has 4 heteroatoms. The predicted octanol–water partition coefficient (Wildman–Crippen LogP) is 3.17. The molecule has 0 bridgehead atoms. The van der Waals surface area contributed by atoms with Crippen molar-refractivity contribution in [3.05, 3.63) is 58.9 Å². The van der Waals surface area contributed by atoms with Gasteiger partial charge < -0.3 is 4.74 Å². The zero-order chi connectivity index (χ0) is 13.0. The van der Waals surface area contributed by atoms with E-state index in [0.29, 0.717) is 10.7 Å². The number of Topliss-reactive ketones (excluding diaryl/α,β-unsaturated/α-hetero) is 1. The number of hydrogen-bond donors (Lipinski definition) is 0. The molecular weight excluding hydrogens is 250 g/mol. The Morgan fingerprint density at radius 2 is 2.17 bits per heavy atom. The number of methoxy groups -OCH3 is 1. The average Bonchev–Trinajstić information content (AvgIpc) is 2.39. The Labute approximate surface area is 110 Å². The number of hydrogen-bond acceptors (Lipinski definition) is 3. The SMILES string of the molecule is COc1cccc(CC(=O)c2ncccc2Cl)c1. The Bertz CT molecular complexity index is 569. The van der Waals surface area contributed by atoms with Gasteiger partial charge >= 0.3 is 0 Å². The first-order chi connectivity index (χ1) is 8.70. The zero-order valence-electron chi connectivity index (χ0n) is 9.89. The monoisotopic (exact) mass is 261 g/mol. The summed E-state index contributed by atoms with van der Waals surface area (Å²) in [5.41, 5.74) is 1.18. The second-order valence-corrected chi connectivity index (χ2v) is 4.19. The molecule has 2 aromatic rings. The van der Waals surface area contributed by atoms with E-state index in [1.54, 1.807) is 25.4 Å². The molecule has 0 N–H and O–H groups in total. The number of carbonyl (C=O) groups excluding carboxylic acids is 1. The van der Waals surface area contributed by atoms with Gasteiger partial charge in [0.1, 0.15) is 11.4 Å². The summed E-state index contributed by atoms with van der Waals surface area (Å²) in [5.74, 6) is 0.626. The van der Waals surface area contributed by atoms with Gasteiger partial charge in [-0.05, 0) is 29.8 Å². The van der Waals surface area contributed by atoms with Crippen LogP contribution in [0, 0.1) is 0 Å². The van der Waals surface area contributed by atoms with Crippen LogP contribution in [0.1, 0.15) is 16.1 Å². The van der Waals surface area contributed by atoms with Crippen molar-refractivity contribution < 1.29 is 9.53 Å². The standard InChI is InChI=1S/C14H12ClNO2/c1-18-11-5-2-4-10(8-11)9-13(17)14-12(15)6-3-7-16-14/h2-8H,9H2,1H3. The van der Waals surface area contributed by atoms with Gasteiger partial charge in [0.05, 0.1) is 12.1 Å². The smallest absolute Gasteiger partial charge is 0.187 e. The highest BCUT2D eigenvalue weighted by atomic mass is 35.5. The third-order valence-corrected chi connectivity index (χ3v) is 2.83. The summed E-state index contributed by atoms with van der Waals surface area (Å²) in [5, 5.41) is 0.380. The molecule has 0 spiro atoms. The van der Waals surface area contributed by atoms with Gasteiger partial charge in [-0.2, -0.15) is 0 Å². The lowest BCUT2D eigenvalue weighted by Gasteiger charge is -2.04. The molecule has 0 saturated carbocycles. The van der Waals surface area contributed by atoms with Crippen molar-refractivity contribution in [1.29, 1.82) is 0 Å². The number of ether oxygens (including phenoxy) is 1. The van der Waals surface area contributed by atoms with Gasteiger partial charge in [0.15, 0.2) is 5.78 Å². The molecule has 0 aliphatic heterocycles. The van der Waals surface area contributed by atoms with E-state index in [1.807, 2.05) is 24.3 Å². The number of nitrogens with zero attached hydrogens (tertiary/aromatic N) is 1. The van der Waals surface area contributed by atoms with Crippen LogP contribution in [-0.2, 0) is 6.42 Å². The molecule has 0 amide bonds. The highest BCUT2D eigenvalue weighted by Gasteiger charge is 2.12. The minimum Gasteiger partial charge on any atom is -0.497 e. The molecule has 1 aromatic heterocycles. The molecule has 0 unspecified atom stereocenters. The summed E-state index contributed by atoms with van der Waals surface area (Å²) in [6.07, 6.45) is 1.82. The molecule has 0 aliphatic carbocycles. The third-order valence-electron chi connectivity index (χ3n) is 2.52. The normalized spacial score (nSPS) is 10.1. The fourth-order valence-corrected chi connectivity index (χ4v) is 1.87. The van der Waals surface area contributed by atoms with E-state index in [2.05, 4.69) is 4.98 Å². The van der Waals surface area contributed by atoms with Crippen molar-refractivity contribution in [3.63, 3.8) is 0 Å². The summed E-state index contributed by atoms with van der Waals surface area (Å²) in [6.45, 7) is 0. The van der Waals surface area contributed by atoms with E-state index in [4.69, 9.17) is 16.3 Å². The second kappa shape index (κ2) is 5.65. The van der Waals surface area contributed by atoms with Crippen molar-refractivity contribution in [2.45, 2.75) is 6.42 Å². The minimum absolute atomic E-state index is 0.103. The number of halogens is 1. The first-order valence-electron chi connectivity index (χ1n) is 5.47. The molecule has 18 heavy (non-hydrogen) atoms. The van der Waals surface area contributed by atoms with Gasteiger partial charge in [-0.1, -0.05) is 23.7 Å². The molecule has 1 heterocycles. The molecule has 92 valence electrons. The van der Waals surface area contributed by atoms with Crippen LogP contribution < -0.4 is 4.74 Å². The van der Waals surface area contributed by atoms with Crippen LogP contribution in [0.3, 0.4) is 0 Å². The van der Waals surface area contributed by atoms with Crippen molar-refractivity contribution >= 4 is 17.4 Å². The lowest BCUT2D eigenvalue weighted by molar-refractivity contribution is 0.0988.